The maximum absolute atomic E-state index is 12.9. The number of hydrogen-bond donors (Lipinski definition) is 1. The molecular formula is C33H46N2O6. The van der Waals surface area contributed by atoms with E-state index >= 15 is 0 Å². The van der Waals surface area contributed by atoms with Crippen LogP contribution in [0.4, 0.5) is 4.79 Å². The SMILES string of the molecule is CCOC(=O)[C@H](Cc1ccc(OCCN(C(=O)OC(C)(C)C)C2C3CNC[C@H]32)cc1)Oc1ccc(C(C)(C)C)cc1. The third kappa shape index (κ3) is 8.38. The number of piperidine rings is 1. The van der Waals surface area contributed by atoms with Crippen molar-refractivity contribution in [3.63, 3.8) is 0 Å². The quantitative estimate of drug-likeness (QED) is 0.366. The number of carbonyl (C=O) groups is 2. The molecule has 2 fully saturated rings. The fourth-order valence-corrected chi connectivity index (χ4v) is 5.33. The van der Waals surface area contributed by atoms with Crippen molar-refractivity contribution in [3.05, 3.63) is 59.7 Å². The van der Waals surface area contributed by atoms with Crippen molar-refractivity contribution in [2.45, 2.75) is 78.0 Å². The van der Waals surface area contributed by atoms with E-state index in [2.05, 4.69) is 26.1 Å². The summed E-state index contributed by atoms with van der Waals surface area (Å²) in [5.41, 5.74) is 1.61. The Morgan fingerprint density at radius 3 is 2.10 bits per heavy atom. The zero-order valence-electron chi connectivity index (χ0n) is 25.6. The van der Waals surface area contributed by atoms with Crippen LogP contribution in [0, 0.1) is 11.8 Å². The molecule has 1 saturated heterocycles. The Bertz CT molecular complexity index is 1160. The molecule has 0 radical (unpaired) electrons. The third-order valence-electron chi connectivity index (χ3n) is 7.53. The number of fused-ring (bicyclic) bond motifs is 1. The van der Waals surface area contributed by atoms with Crippen molar-refractivity contribution in [2.24, 2.45) is 11.8 Å². The lowest BCUT2D eigenvalue weighted by Crippen LogP contribution is -2.43. The van der Waals surface area contributed by atoms with Crippen LogP contribution in [0.5, 0.6) is 11.5 Å². The molecule has 1 N–H and O–H groups in total. The molecule has 1 aliphatic heterocycles. The minimum Gasteiger partial charge on any atom is -0.492 e. The van der Waals surface area contributed by atoms with Gasteiger partial charge in [0.25, 0.3) is 0 Å². The Morgan fingerprint density at radius 2 is 1.54 bits per heavy atom. The largest absolute Gasteiger partial charge is 0.492 e. The molecule has 0 bridgehead atoms. The van der Waals surface area contributed by atoms with Crippen LogP contribution in [-0.4, -0.2) is 67.6 Å². The normalized spacial score (nSPS) is 20.5. The first-order chi connectivity index (χ1) is 19.4. The van der Waals surface area contributed by atoms with Crippen LogP contribution < -0.4 is 14.8 Å². The Labute approximate surface area is 244 Å². The second-order valence-electron chi connectivity index (χ2n) is 13.0. The van der Waals surface area contributed by atoms with Gasteiger partial charge < -0.3 is 29.2 Å². The van der Waals surface area contributed by atoms with Gasteiger partial charge >= 0.3 is 12.1 Å². The predicted octanol–water partition coefficient (Wildman–Crippen LogP) is 5.37. The molecule has 2 unspecified atom stereocenters. The topological polar surface area (TPSA) is 86.3 Å². The van der Waals surface area contributed by atoms with E-state index in [-0.39, 0.29) is 24.2 Å². The van der Waals surface area contributed by atoms with Gasteiger partial charge in [-0.1, -0.05) is 45.0 Å². The van der Waals surface area contributed by atoms with E-state index in [1.54, 1.807) is 6.92 Å². The molecule has 4 atom stereocenters. The molecule has 1 heterocycles. The van der Waals surface area contributed by atoms with Crippen LogP contribution in [0.15, 0.2) is 48.5 Å². The molecule has 8 nitrogen and oxygen atoms in total. The molecule has 8 heteroatoms. The number of nitrogens with one attached hydrogen (secondary N) is 1. The van der Waals surface area contributed by atoms with Crippen LogP contribution in [-0.2, 0) is 26.1 Å². The number of benzene rings is 2. The summed E-state index contributed by atoms with van der Waals surface area (Å²) >= 11 is 0. The Hall–Kier alpha value is -3.26. The monoisotopic (exact) mass is 566 g/mol. The van der Waals surface area contributed by atoms with Crippen LogP contribution in [0.2, 0.25) is 0 Å². The fraction of sp³-hybridized carbons (Fsp3) is 0.576. The number of carbonyl (C=O) groups excluding carboxylic acids is 2. The fourth-order valence-electron chi connectivity index (χ4n) is 5.33. The average molecular weight is 567 g/mol. The van der Waals surface area contributed by atoms with E-state index in [1.165, 1.54) is 5.56 Å². The number of nitrogens with zero attached hydrogens (tertiary/aromatic N) is 1. The van der Waals surface area contributed by atoms with Crippen molar-refractivity contribution in [1.82, 2.24) is 10.2 Å². The summed E-state index contributed by atoms with van der Waals surface area (Å²) in [6.45, 7) is 16.9. The summed E-state index contributed by atoms with van der Waals surface area (Å²) in [4.78, 5) is 27.5. The highest BCUT2D eigenvalue weighted by Crippen LogP contribution is 2.46. The zero-order chi connectivity index (χ0) is 29.8. The maximum atomic E-state index is 12.9. The van der Waals surface area contributed by atoms with E-state index in [0.29, 0.717) is 42.9 Å². The summed E-state index contributed by atoms with van der Waals surface area (Å²) < 4.78 is 23.1. The second-order valence-corrected chi connectivity index (χ2v) is 13.0. The molecule has 4 rings (SSSR count). The first-order valence-corrected chi connectivity index (χ1v) is 14.7. The van der Waals surface area contributed by atoms with E-state index < -0.39 is 17.7 Å². The van der Waals surface area contributed by atoms with Gasteiger partial charge in [0.1, 0.15) is 23.7 Å². The van der Waals surface area contributed by atoms with Crippen molar-refractivity contribution in [2.75, 3.05) is 32.8 Å². The van der Waals surface area contributed by atoms with Crippen molar-refractivity contribution < 1.29 is 28.5 Å². The Morgan fingerprint density at radius 1 is 0.927 bits per heavy atom. The molecular weight excluding hydrogens is 520 g/mol. The van der Waals surface area contributed by atoms with E-state index in [0.717, 1.165) is 18.7 Å². The van der Waals surface area contributed by atoms with Crippen LogP contribution in [0.25, 0.3) is 0 Å². The highest BCUT2D eigenvalue weighted by atomic mass is 16.6. The highest BCUT2D eigenvalue weighted by molar-refractivity contribution is 5.75. The second kappa shape index (κ2) is 12.7. The minimum atomic E-state index is -0.767. The average Bonchev–Trinajstić information content (AvgIpc) is 3.33. The maximum Gasteiger partial charge on any atom is 0.410 e. The van der Waals surface area contributed by atoms with Crippen molar-refractivity contribution in [1.29, 1.82) is 0 Å². The summed E-state index contributed by atoms with van der Waals surface area (Å²) in [6, 6.07) is 15.7. The molecule has 1 aliphatic carbocycles. The standard InChI is InChI=1S/C33H46N2O6/c1-8-38-30(36)28(40-25-15-11-23(12-16-25)32(2,3)4)19-22-9-13-24(14-10-22)39-18-17-35(31(37)41-33(5,6)7)29-26-20-34-21-27(26)29/h9-16,26-29,34H,8,17-21H2,1-7H3/t26-,27?,28+,29?/m1/s1. The molecule has 0 spiro atoms. The molecule has 1 saturated carbocycles. The summed E-state index contributed by atoms with van der Waals surface area (Å²) in [6.07, 6.45) is -0.684. The van der Waals surface area contributed by atoms with Gasteiger partial charge in [0.05, 0.1) is 13.2 Å². The minimum absolute atomic E-state index is 0.0330. The molecule has 2 aromatic carbocycles. The van der Waals surface area contributed by atoms with Gasteiger partial charge in [-0.2, -0.15) is 0 Å². The Kier molecular flexibility index (Phi) is 9.52. The van der Waals surface area contributed by atoms with Gasteiger partial charge in [-0.3, -0.25) is 0 Å². The summed E-state index contributed by atoms with van der Waals surface area (Å²) in [5, 5.41) is 3.38. The molecule has 2 aromatic rings. The van der Waals surface area contributed by atoms with Gasteiger partial charge in [0.2, 0.25) is 0 Å². The number of amides is 1. The summed E-state index contributed by atoms with van der Waals surface area (Å²) in [5.74, 6) is 1.92. The smallest absolute Gasteiger partial charge is 0.410 e. The van der Waals surface area contributed by atoms with E-state index in [1.807, 2.05) is 74.2 Å². The van der Waals surface area contributed by atoms with Gasteiger partial charge in [0, 0.05) is 25.6 Å². The first kappa shape index (κ1) is 30.7. The molecule has 0 aromatic heterocycles. The number of ether oxygens (including phenoxy) is 4. The lowest BCUT2D eigenvalue weighted by Gasteiger charge is -2.28. The van der Waals surface area contributed by atoms with Crippen LogP contribution in [0.3, 0.4) is 0 Å². The van der Waals surface area contributed by atoms with Crippen LogP contribution >= 0.6 is 0 Å². The molecule has 1 amide bonds. The van der Waals surface area contributed by atoms with E-state index in [9.17, 15) is 9.59 Å². The van der Waals surface area contributed by atoms with Gasteiger partial charge in [-0.05, 0) is 80.3 Å². The molecule has 224 valence electrons. The van der Waals surface area contributed by atoms with Crippen LogP contribution in [0.1, 0.15) is 59.6 Å². The first-order valence-electron chi connectivity index (χ1n) is 14.7. The van der Waals surface area contributed by atoms with Crippen molar-refractivity contribution in [3.8, 4) is 11.5 Å². The lowest BCUT2D eigenvalue weighted by molar-refractivity contribution is -0.151. The van der Waals surface area contributed by atoms with E-state index in [4.69, 9.17) is 18.9 Å². The summed E-state index contributed by atoms with van der Waals surface area (Å²) in [7, 11) is 0. The van der Waals surface area contributed by atoms with Crippen molar-refractivity contribution >= 4 is 12.1 Å². The number of esters is 1. The number of rotatable bonds is 11. The molecule has 41 heavy (non-hydrogen) atoms. The third-order valence-corrected chi connectivity index (χ3v) is 7.53. The Balaban J connectivity index is 1.34. The highest BCUT2D eigenvalue weighted by Gasteiger charge is 2.57. The molecule has 2 aliphatic rings. The zero-order valence-corrected chi connectivity index (χ0v) is 25.6. The van der Waals surface area contributed by atoms with Gasteiger partial charge in [0.15, 0.2) is 6.10 Å². The number of hydrogen-bond acceptors (Lipinski definition) is 7. The lowest BCUT2D eigenvalue weighted by atomic mass is 9.87. The van der Waals surface area contributed by atoms with Gasteiger partial charge in [-0.15, -0.1) is 0 Å². The van der Waals surface area contributed by atoms with Gasteiger partial charge in [-0.25, -0.2) is 9.59 Å². The predicted molar refractivity (Wildman–Crippen MR) is 158 cm³/mol.